The number of halogens is 2. The van der Waals surface area contributed by atoms with E-state index >= 15 is 0 Å². The van der Waals surface area contributed by atoms with E-state index in [1.807, 2.05) is 19.5 Å². The third kappa shape index (κ3) is 3.80. The van der Waals surface area contributed by atoms with Gasteiger partial charge in [-0.25, -0.2) is 0 Å². The first-order chi connectivity index (χ1) is 3.98. The van der Waals surface area contributed by atoms with Crippen LogP contribution in [0.5, 0.6) is 0 Å². The molecular formula is C5H9Cl2NSi. The summed E-state index contributed by atoms with van der Waals surface area (Å²) in [5.74, 6) is 0. The van der Waals surface area contributed by atoms with Crippen LogP contribution < -0.4 is 0 Å². The molecule has 0 aliphatic rings. The van der Waals surface area contributed by atoms with E-state index in [1.54, 1.807) is 0 Å². The van der Waals surface area contributed by atoms with Crippen LogP contribution in [0.1, 0.15) is 13.3 Å². The van der Waals surface area contributed by atoms with Gasteiger partial charge in [0, 0.05) is 6.42 Å². The summed E-state index contributed by atoms with van der Waals surface area (Å²) in [5, 5.41) is 8.25. The van der Waals surface area contributed by atoms with Gasteiger partial charge in [0.05, 0.1) is 6.07 Å². The first-order valence-corrected chi connectivity index (χ1v) is 7.33. The maximum Gasteiger partial charge on any atom is 0.252 e. The van der Waals surface area contributed by atoms with Gasteiger partial charge in [-0.1, -0.05) is 6.92 Å². The lowest BCUT2D eigenvalue weighted by Crippen LogP contribution is -2.19. The third-order valence-corrected chi connectivity index (χ3v) is 5.43. The second kappa shape index (κ2) is 3.45. The number of rotatable bonds is 2. The van der Waals surface area contributed by atoms with Gasteiger partial charge in [-0.3, -0.25) is 0 Å². The van der Waals surface area contributed by atoms with Gasteiger partial charge in [0.15, 0.2) is 0 Å². The number of nitrogens with zero attached hydrogens (tertiary/aromatic N) is 1. The Morgan fingerprint density at radius 3 is 2.22 bits per heavy atom. The molecule has 1 nitrogen and oxygen atoms in total. The van der Waals surface area contributed by atoms with Gasteiger partial charge in [-0.15, -0.1) is 22.2 Å². The van der Waals surface area contributed by atoms with Crippen LogP contribution in [0.2, 0.25) is 12.1 Å². The van der Waals surface area contributed by atoms with Crippen molar-refractivity contribution in [2.24, 2.45) is 0 Å². The minimum Gasteiger partial charge on any atom is -0.198 e. The van der Waals surface area contributed by atoms with Crippen molar-refractivity contribution in [2.45, 2.75) is 25.4 Å². The fourth-order valence-corrected chi connectivity index (χ4v) is 1.23. The fraction of sp³-hybridized carbons (Fsp3) is 0.800. The molecule has 0 spiro atoms. The summed E-state index contributed by atoms with van der Waals surface area (Å²) in [6, 6.07) is 2.04. The van der Waals surface area contributed by atoms with Crippen molar-refractivity contribution >= 4 is 28.9 Å². The highest BCUT2D eigenvalue weighted by atomic mass is 35.7. The van der Waals surface area contributed by atoms with Crippen LogP contribution in [0, 0.1) is 11.3 Å². The van der Waals surface area contributed by atoms with Crippen molar-refractivity contribution in [3.8, 4) is 6.07 Å². The summed E-state index contributed by atoms with van der Waals surface area (Å²) < 4.78 is 0. The zero-order chi connectivity index (χ0) is 7.49. The summed E-state index contributed by atoms with van der Waals surface area (Å²) in [4.78, 5) is 0. The van der Waals surface area contributed by atoms with Crippen LogP contribution in [0.15, 0.2) is 0 Å². The van der Waals surface area contributed by atoms with Crippen LogP contribution in [-0.4, -0.2) is 6.69 Å². The molecule has 0 radical (unpaired) electrons. The van der Waals surface area contributed by atoms with E-state index in [2.05, 4.69) is 0 Å². The molecule has 0 aromatic rings. The Bertz CT molecular complexity index is 124. The molecule has 52 valence electrons. The zero-order valence-electron chi connectivity index (χ0n) is 5.49. The van der Waals surface area contributed by atoms with E-state index in [1.165, 1.54) is 0 Å². The highest BCUT2D eigenvalue weighted by Crippen LogP contribution is 2.31. The number of hydrogen-bond donors (Lipinski definition) is 0. The van der Waals surface area contributed by atoms with E-state index in [0.29, 0.717) is 6.42 Å². The maximum atomic E-state index is 8.25. The molecule has 0 heterocycles. The van der Waals surface area contributed by atoms with Gasteiger partial charge in [0.1, 0.15) is 0 Å². The van der Waals surface area contributed by atoms with E-state index < -0.39 is 6.69 Å². The minimum atomic E-state index is -2.06. The normalized spacial score (nSPS) is 14.6. The molecule has 0 fully saturated rings. The van der Waals surface area contributed by atoms with Gasteiger partial charge >= 0.3 is 0 Å². The molecule has 9 heavy (non-hydrogen) atoms. The van der Waals surface area contributed by atoms with E-state index in [0.717, 1.165) is 0 Å². The predicted octanol–water partition coefficient (Wildman–Crippen LogP) is 2.84. The standard InChI is InChI=1S/C5H9Cl2NSi/c1-5(3-4-8)9(2,6)7/h5H,3H2,1-2H3. The lowest BCUT2D eigenvalue weighted by molar-refractivity contribution is 0.939. The average molecular weight is 182 g/mol. The van der Waals surface area contributed by atoms with Crippen LogP contribution in [0.25, 0.3) is 0 Å². The second-order valence-electron chi connectivity index (χ2n) is 2.22. The number of nitriles is 1. The van der Waals surface area contributed by atoms with Crippen LogP contribution >= 0.6 is 22.2 Å². The van der Waals surface area contributed by atoms with Crippen molar-refractivity contribution in [1.29, 1.82) is 5.26 Å². The predicted molar refractivity (Wildman–Crippen MR) is 43.0 cm³/mol. The molecule has 0 rings (SSSR count). The first kappa shape index (κ1) is 9.29. The Morgan fingerprint density at radius 1 is 1.67 bits per heavy atom. The Kier molecular flexibility index (Phi) is 3.56. The van der Waals surface area contributed by atoms with Crippen molar-refractivity contribution in [2.75, 3.05) is 0 Å². The fourth-order valence-electron chi connectivity index (χ4n) is 0.316. The van der Waals surface area contributed by atoms with Gasteiger partial charge in [0.25, 0.3) is 6.69 Å². The average Bonchev–Trinajstić information content (AvgIpc) is 1.64. The second-order valence-corrected chi connectivity index (χ2v) is 10.4. The van der Waals surface area contributed by atoms with Crippen molar-refractivity contribution in [1.82, 2.24) is 0 Å². The van der Waals surface area contributed by atoms with Crippen LogP contribution in [-0.2, 0) is 0 Å². The Labute approximate surface area is 66.0 Å². The number of hydrogen-bond acceptors (Lipinski definition) is 1. The molecule has 0 aromatic carbocycles. The maximum absolute atomic E-state index is 8.25. The molecular weight excluding hydrogens is 173 g/mol. The summed E-state index contributed by atoms with van der Waals surface area (Å²) >= 11 is 11.6. The lowest BCUT2D eigenvalue weighted by Gasteiger charge is -2.15. The largest absolute Gasteiger partial charge is 0.252 e. The van der Waals surface area contributed by atoms with Gasteiger partial charge in [0.2, 0.25) is 0 Å². The summed E-state index contributed by atoms with van der Waals surface area (Å²) in [6.45, 7) is 1.68. The topological polar surface area (TPSA) is 23.8 Å². The highest BCUT2D eigenvalue weighted by molar-refractivity contribution is 7.45. The first-order valence-electron chi connectivity index (χ1n) is 2.73. The van der Waals surface area contributed by atoms with E-state index in [9.17, 15) is 0 Å². The molecule has 0 aromatic heterocycles. The molecule has 0 amide bonds. The molecule has 0 saturated carbocycles. The lowest BCUT2D eigenvalue weighted by atomic mass is 10.4. The molecule has 4 heteroatoms. The Morgan fingerprint density at radius 2 is 2.11 bits per heavy atom. The molecule has 0 bridgehead atoms. The Hall–Kier alpha value is 0.287. The van der Waals surface area contributed by atoms with Crippen molar-refractivity contribution in [3.63, 3.8) is 0 Å². The van der Waals surface area contributed by atoms with Gasteiger partial charge in [-0.2, -0.15) is 5.26 Å². The van der Waals surface area contributed by atoms with Gasteiger partial charge in [-0.05, 0) is 12.1 Å². The molecule has 1 unspecified atom stereocenters. The van der Waals surface area contributed by atoms with Crippen molar-refractivity contribution in [3.05, 3.63) is 0 Å². The monoisotopic (exact) mass is 181 g/mol. The van der Waals surface area contributed by atoms with Crippen LogP contribution in [0.3, 0.4) is 0 Å². The van der Waals surface area contributed by atoms with Crippen molar-refractivity contribution < 1.29 is 0 Å². The summed E-state index contributed by atoms with van der Waals surface area (Å²) in [5.41, 5.74) is 0.172. The SMILES string of the molecule is CC(CC#N)[Si](C)(Cl)Cl. The van der Waals surface area contributed by atoms with Crippen LogP contribution in [0.4, 0.5) is 0 Å². The smallest absolute Gasteiger partial charge is 0.198 e. The zero-order valence-corrected chi connectivity index (χ0v) is 8.00. The Balaban J connectivity index is 3.76. The summed E-state index contributed by atoms with van der Waals surface area (Å²) in [7, 11) is 0. The van der Waals surface area contributed by atoms with E-state index in [-0.39, 0.29) is 5.54 Å². The quantitative estimate of drug-likeness (QED) is 0.475. The molecule has 0 N–H and O–H groups in total. The highest BCUT2D eigenvalue weighted by Gasteiger charge is 2.28. The third-order valence-electron chi connectivity index (χ3n) is 1.26. The summed E-state index contributed by atoms with van der Waals surface area (Å²) in [6.07, 6.45) is 0.468. The molecule has 0 aliphatic carbocycles. The molecule has 1 atom stereocenters. The molecule has 0 aliphatic heterocycles. The van der Waals surface area contributed by atoms with Gasteiger partial charge < -0.3 is 0 Å². The minimum absolute atomic E-state index is 0.172. The molecule has 0 saturated heterocycles. The van der Waals surface area contributed by atoms with E-state index in [4.69, 9.17) is 27.4 Å².